The number of esters is 1. The lowest BCUT2D eigenvalue weighted by Crippen LogP contribution is -2.58. The Morgan fingerprint density at radius 1 is 0.889 bits per heavy atom. The fraction of sp³-hybridized carbons (Fsp3) is 0.620. The van der Waals surface area contributed by atoms with Crippen LogP contribution in [0.25, 0.3) is 6.08 Å². The summed E-state index contributed by atoms with van der Waals surface area (Å²) in [5.41, 5.74) is 2.17. The Morgan fingerprint density at radius 2 is 1.54 bits per heavy atom. The van der Waals surface area contributed by atoms with E-state index in [0.29, 0.717) is 32.4 Å². The van der Waals surface area contributed by atoms with Gasteiger partial charge in [-0.3, -0.25) is 33.8 Å². The van der Waals surface area contributed by atoms with Gasteiger partial charge in [-0.1, -0.05) is 128 Å². The van der Waals surface area contributed by atoms with Gasteiger partial charge < -0.3 is 30.1 Å². The number of nitrogens with one attached hydrogen (secondary N) is 2. The van der Waals surface area contributed by atoms with E-state index in [2.05, 4.69) is 41.5 Å². The Hall–Kier alpha value is -4.59. The second-order valence-corrected chi connectivity index (χ2v) is 18.1. The summed E-state index contributed by atoms with van der Waals surface area (Å²) in [7, 11) is 5.17. The minimum absolute atomic E-state index is 0.0109. The maximum atomic E-state index is 14.2. The van der Waals surface area contributed by atoms with Gasteiger partial charge in [0.2, 0.25) is 17.7 Å². The van der Waals surface area contributed by atoms with Gasteiger partial charge in [0.15, 0.2) is 0 Å². The van der Waals surface area contributed by atoms with Crippen LogP contribution in [0.15, 0.2) is 66.7 Å². The Labute approximate surface area is 377 Å². The van der Waals surface area contributed by atoms with Crippen LogP contribution in [0, 0.1) is 23.7 Å². The summed E-state index contributed by atoms with van der Waals surface area (Å²) in [6.45, 7) is 14.9. The first kappa shape index (κ1) is 52.8. The number of amides is 3. The van der Waals surface area contributed by atoms with Gasteiger partial charge in [0.05, 0.1) is 24.1 Å². The molecule has 0 saturated carbocycles. The molecule has 0 radical (unpaired) electrons. The molecule has 0 spiro atoms. The van der Waals surface area contributed by atoms with E-state index in [1.54, 1.807) is 26.1 Å². The van der Waals surface area contributed by atoms with E-state index in [4.69, 9.17) is 14.6 Å². The van der Waals surface area contributed by atoms with Crippen molar-refractivity contribution in [3.63, 3.8) is 0 Å². The van der Waals surface area contributed by atoms with Crippen LogP contribution in [0.3, 0.4) is 0 Å². The van der Waals surface area contributed by atoms with Crippen LogP contribution in [-0.2, 0) is 39.9 Å². The number of aliphatic carboxylic acids is 1. The van der Waals surface area contributed by atoms with E-state index in [-0.39, 0.29) is 79.1 Å². The van der Waals surface area contributed by atoms with Gasteiger partial charge in [-0.25, -0.2) is 0 Å². The van der Waals surface area contributed by atoms with Crippen LogP contribution in [-0.4, -0.2) is 127 Å². The van der Waals surface area contributed by atoms with Crippen molar-refractivity contribution in [2.45, 2.75) is 136 Å². The van der Waals surface area contributed by atoms with Crippen molar-refractivity contribution in [2.24, 2.45) is 23.7 Å². The Bertz CT molecular complexity index is 1740. The van der Waals surface area contributed by atoms with Crippen LogP contribution < -0.4 is 10.6 Å². The maximum absolute atomic E-state index is 14.2. The third-order valence-electron chi connectivity index (χ3n) is 12.6. The lowest BCUT2D eigenvalue weighted by atomic mass is 9.92. The number of rotatable bonds is 27. The van der Waals surface area contributed by atoms with Gasteiger partial charge >= 0.3 is 11.9 Å². The normalized spacial score (nSPS) is 17.8. The molecule has 2 aromatic carbocycles. The lowest BCUT2D eigenvalue weighted by Gasteiger charge is -2.37. The maximum Gasteiger partial charge on any atom is 0.307 e. The SMILES string of the molecule is CC[C@H](C)[C@H](CCC(=O)OCN1CCC[C@H]1[C@H](OC)[C@@H](C)C(=O)N[C@H](/C=C/c1ccccc1)Cc1ccccc1)N(C)C(=O)[C@@H](NC(=O)[C@H](C(C)C)N(C)CCCC(=O)O)C(C)C. The van der Waals surface area contributed by atoms with Gasteiger partial charge in [-0.15, -0.1) is 0 Å². The second-order valence-electron chi connectivity index (χ2n) is 18.1. The van der Waals surface area contributed by atoms with Gasteiger partial charge in [0.1, 0.15) is 12.8 Å². The average molecular weight is 876 g/mol. The molecule has 0 bridgehead atoms. The Balaban J connectivity index is 1.63. The molecule has 1 aliphatic rings. The van der Waals surface area contributed by atoms with Crippen molar-refractivity contribution in [1.82, 2.24) is 25.3 Å². The number of benzene rings is 2. The number of hydrogen-bond donors (Lipinski definition) is 3. The van der Waals surface area contributed by atoms with Gasteiger partial charge in [0.25, 0.3) is 0 Å². The molecule has 2 aromatic rings. The van der Waals surface area contributed by atoms with Crippen molar-refractivity contribution in [3.05, 3.63) is 77.9 Å². The Morgan fingerprint density at radius 3 is 2.13 bits per heavy atom. The molecule has 3 N–H and O–H groups in total. The van der Waals surface area contributed by atoms with Crippen LogP contribution >= 0.6 is 0 Å². The summed E-state index contributed by atoms with van der Waals surface area (Å²) in [6, 6.07) is 18.1. The zero-order chi connectivity index (χ0) is 46.6. The average Bonchev–Trinajstić information content (AvgIpc) is 3.72. The van der Waals surface area contributed by atoms with E-state index in [1.165, 1.54) is 0 Å². The third kappa shape index (κ3) is 16.8. The monoisotopic (exact) mass is 876 g/mol. The highest BCUT2D eigenvalue weighted by Gasteiger charge is 2.39. The van der Waals surface area contributed by atoms with Crippen molar-refractivity contribution in [1.29, 1.82) is 0 Å². The number of carbonyl (C=O) groups excluding carboxylic acids is 4. The van der Waals surface area contributed by atoms with E-state index in [1.807, 2.05) is 100 Å². The highest BCUT2D eigenvalue weighted by atomic mass is 16.5. The number of carboxylic acid groups (broad SMARTS) is 1. The van der Waals surface area contributed by atoms with Crippen LogP contribution in [0.5, 0.6) is 0 Å². The minimum atomic E-state index is -0.882. The molecule has 0 aliphatic carbocycles. The summed E-state index contributed by atoms with van der Waals surface area (Å²) in [4.78, 5) is 71.9. The first-order valence-corrected chi connectivity index (χ1v) is 23.0. The smallest absolute Gasteiger partial charge is 0.307 e. The standard InChI is InChI=1S/C50H77N5O8/c1-11-36(6)41(54(9)50(61)45(34(2)3)52-49(60)46(35(4)5)53(8)30-19-25-43(56)57)28-29-44(58)63-33-55-31-18-24-42(55)47(62-10)37(7)48(59)51-40(32-39-22-16-13-17-23-39)27-26-38-20-14-12-15-21-38/h12-17,20-23,26-27,34-37,40-42,45-47H,11,18-19,24-25,28-33H2,1-10H3,(H,51,59)(H,52,60)(H,56,57)/b27-26+/t36-,37+,40+,41-,42-,45-,46-,47+/m0/s1. The van der Waals surface area contributed by atoms with Gasteiger partial charge in [-0.05, 0) is 74.6 Å². The predicted molar refractivity (Wildman–Crippen MR) is 248 cm³/mol. The Kier molecular flexibility index (Phi) is 22.5. The predicted octanol–water partition coefficient (Wildman–Crippen LogP) is 6.66. The summed E-state index contributed by atoms with van der Waals surface area (Å²) in [6.07, 6.45) is 7.64. The first-order chi connectivity index (χ1) is 30.0. The van der Waals surface area contributed by atoms with Crippen molar-refractivity contribution in [2.75, 3.05) is 41.0 Å². The number of likely N-dealkylation sites (N-methyl/N-ethyl adjacent to an activating group) is 2. The molecule has 1 fully saturated rings. The summed E-state index contributed by atoms with van der Waals surface area (Å²) in [5, 5.41) is 15.4. The third-order valence-corrected chi connectivity index (χ3v) is 12.6. The molecule has 13 heteroatoms. The molecule has 1 heterocycles. The first-order valence-electron chi connectivity index (χ1n) is 23.0. The fourth-order valence-electron chi connectivity index (χ4n) is 8.76. The molecular weight excluding hydrogens is 799 g/mol. The molecule has 1 aliphatic heterocycles. The van der Waals surface area contributed by atoms with Crippen molar-refractivity contribution in [3.8, 4) is 0 Å². The summed E-state index contributed by atoms with van der Waals surface area (Å²) >= 11 is 0. The molecule has 3 amide bonds. The highest BCUT2D eigenvalue weighted by Crippen LogP contribution is 2.27. The minimum Gasteiger partial charge on any atom is -0.481 e. The number of carboxylic acids is 1. The molecule has 1 saturated heterocycles. The largest absolute Gasteiger partial charge is 0.481 e. The topological polar surface area (TPSA) is 158 Å². The van der Waals surface area contributed by atoms with E-state index >= 15 is 0 Å². The molecule has 350 valence electrons. The summed E-state index contributed by atoms with van der Waals surface area (Å²) < 4.78 is 11.9. The number of methoxy groups -OCH3 is 1. The van der Waals surface area contributed by atoms with Gasteiger partial charge in [-0.2, -0.15) is 0 Å². The number of ether oxygens (including phenoxy) is 2. The molecular formula is C50H77N5O8. The zero-order valence-corrected chi connectivity index (χ0v) is 39.6. The van der Waals surface area contributed by atoms with E-state index in [9.17, 15) is 24.0 Å². The number of hydrogen-bond acceptors (Lipinski definition) is 9. The number of nitrogens with zero attached hydrogens (tertiary/aromatic N) is 3. The van der Waals surface area contributed by atoms with Crippen LogP contribution in [0.4, 0.5) is 0 Å². The van der Waals surface area contributed by atoms with Crippen molar-refractivity contribution < 1.29 is 38.6 Å². The fourth-order valence-corrected chi connectivity index (χ4v) is 8.76. The van der Waals surface area contributed by atoms with Gasteiger partial charge in [0, 0.05) is 45.6 Å². The summed E-state index contributed by atoms with van der Waals surface area (Å²) in [5.74, 6) is -2.57. The molecule has 13 nitrogen and oxygen atoms in total. The second kappa shape index (κ2) is 26.9. The lowest BCUT2D eigenvalue weighted by molar-refractivity contribution is -0.152. The number of carbonyl (C=O) groups is 5. The molecule has 63 heavy (non-hydrogen) atoms. The molecule has 0 aromatic heterocycles. The van der Waals surface area contributed by atoms with Crippen LogP contribution in [0.1, 0.15) is 105 Å². The number of likely N-dealkylation sites (tertiary alicyclic amines) is 1. The van der Waals surface area contributed by atoms with Crippen LogP contribution in [0.2, 0.25) is 0 Å². The molecule has 3 rings (SSSR count). The zero-order valence-electron chi connectivity index (χ0n) is 39.6. The van der Waals surface area contributed by atoms with E-state index in [0.717, 1.165) is 30.4 Å². The molecule has 0 unspecified atom stereocenters. The van der Waals surface area contributed by atoms with Crippen molar-refractivity contribution >= 4 is 35.7 Å². The quantitative estimate of drug-likeness (QED) is 0.0830. The van der Waals surface area contributed by atoms with E-state index < -0.39 is 30.1 Å². The highest BCUT2D eigenvalue weighted by molar-refractivity contribution is 5.90. The molecule has 8 atom stereocenters.